The first-order chi connectivity index (χ1) is 13.7. The maximum Gasteiger partial charge on any atom is 0.261 e. The molecule has 0 fully saturated rings. The lowest BCUT2D eigenvalue weighted by Gasteiger charge is -2.13. The van der Waals surface area contributed by atoms with E-state index in [1.807, 2.05) is 0 Å². The van der Waals surface area contributed by atoms with Gasteiger partial charge in [0.15, 0.2) is 0 Å². The Labute approximate surface area is 169 Å². The van der Waals surface area contributed by atoms with Gasteiger partial charge in [-0.1, -0.05) is 12.1 Å². The van der Waals surface area contributed by atoms with Gasteiger partial charge in [0.2, 0.25) is 15.9 Å². The molecular weight excluding hydrogens is 416 g/mol. The summed E-state index contributed by atoms with van der Waals surface area (Å²) in [7, 11) is -5.05. The minimum atomic E-state index is -4.03. The fraction of sp³-hybridized carbons (Fsp3) is 0.111. The summed E-state index contributed by atoms with van der Waals surface area (Å²) in [5.74, 6) is 0.615. The van der Waals surface area contributed by atoms with Gasteiger partial charge in [-0.15, -0.1) is 0 Å². The van der Waals surface area contributed by atoms with Gasteiger partial charge >= 0.3 is 0 Å². The van der Waals surface area contributed by atoms with E-state index in [0.717, 1.165) is 10.4 Å². The summed E-state index contributed by atoms with van der Waals surface area (Å²) in [6, 6.07) is 11.4. The molecule has 0 spiro atoms. The molecule has 0 atom stereocenters. The third-order valence-corrected chi connectivity index (χ3v) is 6.93. The van der Waals surface area contributed by atoms with Crippen LogP contribution in [0.5, 0.6) is 11.6 Å². The van der Waals surface area contributed by atoms with Crippen LogP contribution in [0, 0.1) is 0 Å². The normalized spacial score (nSPS) is 12.0. The summed E-state index contributed by atoms with van der Waals surface area (Å²) in [5.41, 5.74) is 0.243. The van der Waals surface area contributed by atoms with Crippen LogP contribution in [0.15, 0.2) is 76.9 Å². The van der Waals surface area contributed by atoms with Crippen molar-refractivity contribution in [3.8, 4) is 11.6 Å². The smallest absolute Gasteiger partial charge is 0.261 e. The average Bonchev–Trinajstić information content (AvgIpc) is 2.69. The minimum Gasteiger partial charge on any atom is -0.437 e. The van der Waals surface area contributed by atoms with Gasteiger partial charge in [-0.2, -0.15) is 0 Å². The number of ether oxygens (including phenoxy) is 1. The third kappa shape index (κ3) is 4.88. The molecule has 3 rings (SSSR count). The van der Waals surface area contributed by atoms with Crippen LogP contribution in [0.25, 0.3) is 0 Å². The van der Waals surface area contributed by atoms with Gasteiger partial charge in [-0.3, -0.25) is 9.71 Å². The molecule has 1 N–H and O–H groups in total. The van der Waals surface area contributed by atoms with Crippen molar-refractivity contribution in [1.82, 2.24) is 14.3 Å². The van der Waals surface area contributed by atoms with Crippen LogP contribution in [0.4, 0.5) is 5.69 Å². The summed E-state index contributed by atoms with van der Waals surface area (Å²) in [4.78, 5) is 7.58. The zero-order valence-electron chi connectivity index (χ0n) is 15.6. The highest BCUT2D eigenvalue weighted by atomic mass is 32.2. The summed E-state index contributed by atoms with van der Waals surface area (Å²) >= 11 is 0. The standard InChI is InChI=1S/C18H18N4O5S2/c1-22(2)29(25,26)17-8-4-7-16(12-17)28(23,24)21-14-5-3-6-15(11-14)27-18-13-19-9-10-20-18/h3-13,21H,1-2H3. The number of hydrogen-bond donors (Lipinski definition) is 1. The first kappa shape index (κ1) is 20.7. The van der Waals surface area contributed by atoms with Crippen LogP contribution in [-0.4, -0.2) is 45.2 Å². The molecule has 29 heavy (non-hydrogen) atoms. The second-order valence-electron chi connectivity index (χ2n) is 6.04. The molecular formula is C18H18N4O5S2. The van der Waals surface area contributed by atoms with Gasteiger partial charge < -0.3 is 4.74 Å². The first-order valence-corrected chi connectivity index (χ1v) is 11.2. The van der Waals surface area contributed by atoms with Crippen LogP contribution < -0.4 is 9.46 Å². The van der Waals surface area contributed by atoms with E-state index in [4.69, 9.17) is 4.74 Å². The topological polar surface area (TPSA) is 119 Å². The number of hydrogen-bond acceptors (Lipinski definition) is 7. The van der Waals surface area contributed by atoms with Gasteiger partial charge in [0.05, 0.1) is 21.7 Å². The molecule has 1 aromatic heterocycles. The fourth-order valence-corrected chi connectivity index (χ4v) is 4.43. The Morgan fingerprint density at radius 3 is 2.34 bits per heavy atom. The predicted molar refractivity (Wildman–Crippen MR) is 107 cm³/mol. The zero-order valence-corrected chi connectivity index (χ0v) is 17.2. The predicted octanol–water partition coefficient (Wildman–Crippen LogP) is 2.32. The van der Waals surface area contributed by atoms with E-state index >= 15 is 0 Å². The summed E-state index contributed by atoms with van der Waals surface area (Å²) in [6.07, 6.45) is 4.40. The van der Waals surface area contributed by atoms with Crippen LogP contribution >= 0.6 is 0 Å². The lowest BCUT2D eigenvalue weighted by atomic mass is 10.3. The Morgan fingerprint density at radius 2 is 1.66 bits per heavy atom. The van der Waals surface area contributed by atoms with Crippen molar-refractivity contribution >= 4 is 25.7 Å². The number of anilines is 1. The molecule has 0 aliphatic heterocycles. The lowest BCUT2D eigenvalue weighted by Crippen LogP contribution is -2.22. The average molecular weight is 434 g/mol. The molecule has 0 aliphatic carbocycles. The molecule has 0 radical (unpaired) electrons. The van der Waals surface area contributed by atoms with Crippen molar-refractivity contribution in [2.24, 2.45) is 0 Å². The van der Waals surface area contributed by atoms with Crippen LogP contribution in [-0.2, 0) is 20.0 Å². The largest absolute Gasteiger partial charge is 0.437 e. The molecule has 1 heterocycles. The number of aromatic nitrogens is 2. The molecule has 0 amide bonds. The van der Waals surface area contributed by atoms with Crippen molar-refractivity contribution in [2.45, 2.75) is 9.79 Å². The Bertz CT molecular complexity index is 1210. The van der Waals surface area contributed by atoms with Crippen molar-refractivity contribution in [3.63, 3.8) is 0 Å². The van der Waals surface area contributed by atoms with E-state index in [0.29, 0.717) is 5.75 Å². The Morgan fingerprint density at radius 1 is 0.931 bits per heavy atom. The van der Waals surface area contributed by atoms with Crippen molar-refractivity contribution < 1.29 is 21.6 Å². The maximum atomic E-state index is 12.7. The van der Waals surface area contributed by atoms with Crippen molar-refractivity contribution in [1.29, 1.82) is 0 Å². The van der Waals surface area contributed by atoms with Gasteiger partial charge in [-0.05, 0) is 30.3 Å². The number of nitrogens with one attached hydrogen (secondary N) is 1. The van der Waals surface area contributed by atoms with E-state index in [9.17, 15) is 16.8 Å². The Balaban J connectivity index is 1.86. The maximum absolute atomic E-state index is 12.7. The minimum absolute atomic E-state index is 0.120. The van der Waals surface area contributed by atoms with Crippen molar-refractivity contribution in [3.05, 3.63) is 67.1 Å². The van der Waals surface area contributed by atoms with Gasteiger partial charge in [0.1, 0.15) is 5.75 Å². The van der Waals surface area contributed by atoms with Gasteiger partial charge in [-0.25, -0.2) is 26.1 Å². The number of nitrogens with zero attached hydrogens (tertiary/aromatic N) is 3. The number of rotatable bonds is 7. The molecule has 11 heteroatoms. The fourth-order valence-electron chi connectivity index (χ4n) is 2.31. The second-order valence-corrected chi connectivity index (χ2v) is 9.88. The van der Waals surface area contributed by atoms with Crippen LogP contribution in [0.2, 0.25) is 0 Å². The van der Waals surface area contributed by atoms with Gasteiger partial charge in [0.25, 0.3) is 10.0 Å². The molecule has 0 aliphatic rings. The molecule has 0 unspecified atom stereocenters. The van der Waals surface area contributed by atoms with E-state index in [-0.39, 0.29) is 21.4 Å². The highest BCUT2D eigenvalue weighted by molar-refractivity contribution is 7.93. The lowest BCUT2D eigenvalue weighted by molar-refractivity contribution is 0.460. The monoisotopic (exact) mass is 434 g/mol. The summed E-state index contributed by atoms with van der Waals surface area (Å²) in [6.45, 7) is 0. The van der Waals surface area contributed by atoms with Crippen LogP contribution in [0.3, 0.4) is 0 Å². The van der Waals surface area contributed by atoms with E-state index in [1.54, 1.807) is 18.2 Å². The second kappa shape index (κ2) is 8.15. The van der Waals surface area contributed by atoms with Gasteiger partial charge in [0, 0.05) is 32.6 Å². The quantitative estimate of drug-likeness (QED) is 0.606. The molecule has 0 saturated carbocycles. The van der Waals surface area contributed by atoms with E-state index < -0.39 is 20.0 Å². The Hall–Kier alpha value is -3.02. The Kier molecular flexibility index (Phi) is 5.82. The van der Waals surface area contributed by atoms with Crippen molar-refractivity contribution in [2.75, 3.05) is 18.8 Å². The SMILES string of the molecule is CN(C)S(=O)(=O)c1cccc(S(=O)(=O)Nc2cccc(Oc3cnccn3)c2)c1. The summed E-state index contributed by atoms with van der Waals surface area (Å²) in [5, 5.41) is 0. The zero-order chi connectivity index (χ0) is 21.1. The molecule has 0 saturated heterocycles. The van der Waals surface area contributed by atoms with E-state index in [2.05, 4.69) is 14.7 Å². The molecule has 152 valence electrons. The molecule has 0 bridgehead atoms. The molecule has 9 nitrogen and oxygen atoms in total. The number of benzene rings is 2. The number of sulfonamides is 2. The summed E-state index contributed by atoms with van der Waals surface area (Å²) < 4.78 is 59.0. The highest BCUT2D eigenvalue weighted by Gasteiger charge is 2.21. The van der Waals surface area contributed by atoms with Crippen LogP contribution in [0.1, 0.15) is 0 Å². The first-order valence-electron chi connectivity index (χ1n) is 8.28. The molecule has 2 aromatic carbocycles. The molecule has 3 aromatic rings. The van der Waals surface area contributed by atoms with E-state index in [1.165, 1.54) is 57.0 Å². The highest BCUT2D eigenvalue weighted by Crippen LogP contribution is 2.25. The third-order valence-electron chi connectivity index (χ3n) is 3.74.